The van der Waals surface area contributed by atoms with Gasteiger partial charge in [-0.25, -0.2) is 0 Å². The number of carbonyl (C=O) groups is 1. The first-order chi connectivity index (χ1) is 12.1. The number of thiophene rings is 1. The maximum Gasteiger partial charge on any atom is 0.305 e. The molecular weight excluding hydrogens is 354 g/mol. The predicted molar refractivity (Wildman–Crippen MR) is 102 cm³/mol. The molecule has 0 bridgehead atoms. The highest BCUT2D eigenvalue weighted by Crippen LogP contribution is 2.41. The van der Waals surface area contributed by atoms with E-state index < -0.39 is 0 Å². The highest BCUT2D eigenvalue weighted by Gasteiger charge is 2.40. The summed E-state index contributed by atoms with van der Waals surface area (Å²) in [6, 6.07) is 8.14. The minimum absolute atomic E-state index is 0.00387. The molecule has 1 saturated heterocycles. The Bertz CT molecular complexity index is 748. The molecule has 0 aromatic carbocycles. The molecule has 1 aliphatic heterocycles. The van der Waals surface area contributed by atoms with Crippen molar-refractivity contribution in [3.8, 4) is 0 Å². The Morgan fingerprint density at radius 3 is 2.92 bits per heavy atom. The lowest BCUT2D eigenvalue weighted by Gasteiger charge is -2.27. The Labute approximate surface area is 157 Å². The van der Waals surface area contributed by atoms with Gasteiger partial charge in [0.05, 0.1) is 24.9 Å². The molecule has 132 valence electrons. The summed E-state index contributed by atoms with van der Waals surface area (Å²) in [6.07, 6.45) is 2.89. The molecule has 2 aromatic rings. The quantitative estimate of drug-likeness (QED) is 0.617. The lowest BCUT2D eigenvalue weighted by molar-refractivity contribution is -0.140. The predicted octanol–water partition coefficient (Wildman–Crippen LogP) is 3.38. The van der Waals surface area contributed by atoms with Crippen LogP contribution >= 0.6 is 23.6 Å². The van der Waals surface area contributed by atoms with Crippen LogP contribution in [0.3, 0.4) is 0 Å². The second-order valence-electron chi connectivity index (χ2n) is 5.97. The zero-order valence-corrected chi connectivity index (χ0v) is 15.9. The van der Waals surface area contributed by atoms with Gasteiger partial charge in [0, 0.05) is 24.0 Å². The summed E-state index contributed by atoms with van der Waals surface area (Å²) >= 11 is 7.33. The Morgan fingerprint density at radius 2 is 2.28 bits per heavy atom. The number of hydrogen-bond donors (Lipinski definition) is 1. The molecule has 1 fully saturated rings. The first-order valence-electron chi connectivity index (χ1n) is 8.20. The second-order valence-corrected chi connectivity index (χ2v) is 7.30. The largest absolute Gasteiger partial charge is 0.469 e. The highest BCUT2D eigenvalue weighted by molar-refractivity contribution is 7.80. The fourth-order valence-electron chi connectivity index (χ4n) is 3.11. The lowest BCUT2D eigenvalue weighted by Crippen LogP contribution is -2.30. The van der Waals surface area contributed by atoms with Gasteiger partial charge >= 0.3 is 5.97 Å². The number of ether oxygens (including phenoxy) is 1. The molecule has 2 aromatic heterocycles. The molecular formula is C18H21N3O2S2. The molecule has 25 heavy (non-hydrogen) atoms. The van der Waals surface area contributed by atoms with Gasteiger partial charge in [-0.1, -0.05) is 6.07 Å². The van der Waals surface area contributed by atoms with Crippen molar-refractivity contribution in [3.05, 3.63) is 52.0 Å². The van der Waals surface area contributed by atoms with E-state index in [4.69, 9.17) is 17.0 Å². The van der Waals surface area contributed by atoms with E-state index in [0.717, 1.165) is 5.69 Å². The number of aryl methyl sites for hydroxylation is 1. The maximum atomic E-state index is 11.4. The van der Waals surface area contributed by atoms with Gasteiger partial charge in [0.1, 0.15) is 0 Å². The van der Waals surface area contributed by atoms with E-state index in [1.165, 1.54) is 17.6 Å². The Balaban J connectivity index is 1.86. The van der Waals surface area contributed by atoms with Crippen LogP contribution in [0, 0.1) is 6.92 Å². The average Bonchev–Trinajstić information content (AvgIpc) is 3.18. The van der Waals surface area contributed by atoms with Crippen molar-refractivity contribution in [2.45, 2.75) is 31.8 Å². The first kappa shape index (κ1) is 17.8. The topological polar surface area (TPSA) is 54.5 Å². The average molecular weight is 376 g/mol. The van der Waals surface area contributed by atoms with Gasteiger partial charge in [-0.05, 0) is 54.7 Å². The molecule has 3 rings (SSSR count). The molecule has 0 saturated carbocycles. The molecule has 0 spiro atoms. The molecule has 0 radical (unpaired) electrons. The molecule has 2 atom stereocenters. The smallest absolute Gasteiger partial charge is 0.305 e. The number of nitrogens with one attached hydrogen (secondary N) is 1. The van der Waals surface area contributed by atoms with Crippen LogP contribution in [0.1, 0.15) is 41.1 Å². The van der Waals surface area contributed by atoms with Crippen LogP contribution in [0.4, 0.5) is 0 Å². The first-order valence-corrected chi connectivity index (χ1v) is 9.49. The van der Waals surface area contributed by atoms with E-state index in [2.05, 4.69) is 33.6 Å². The third kappa shape index (κ3) is 3.82. The number of carbonyl (C=O) groups excluding carboxylic acids is 1. The Kier molecular flexibility index (Phi) is 5.65. The van der Waals surface area contributed by atoms with E-state index >= 15 is 0 Å². The van der Waals surface area contributed by atoms with Crippen molar-refractivity contribution in [2.75, 3.05) is 13.7 Å². The Morgan fingerprint density at radius 1 is 1.44 bits per heavy atom. The molecule has 3 heterocycles. The normalized spacial score (nSPS) is 19.8. The molecule has 5 nitrogen and oxygen atoms in total. The SMILES string of the molecule is COC(=O)CCCN1C(=S)N[C@H](c2ccccn2)[C@@H]1c1sccc1C. The second kappa shape index (κ2) is 7.93. The fraction of sp³-hybridized carbons (Fsp3) is 0.389. The van der Waals surface area contributed by atoms with Crippen molar-refractivity contribution in [1.82, 2.24) is 15.2 Å². The standard InChI is InChI=1S/C18H21N3O2S2/c1-12-8-11-25-17(12)16-15(13-6-3-4-9-19-13)20-18(24)21(16)10-5-7-14(22)23-2/h3-4,6,8-9,11,15-16H,5,7,10H2,1-2H3,(H,20,24)/t15-,16-/m1/s1. The van der Waals surface area contributed by atoms with Gasteiger partial charge in [0.15, 0.2) is 5.11 Å². The minimum Gasteiger partial charge on any atom is -0.469 e. The number of nitrogens with zero attached hydrogens (tertiary/aromatic N) is 2. The van der Waals surface area contributed by atoms with Gasteiger partial charge < -0.3 is 15.0 Å². The van der Waals surface area contributed by atoms with Gasteiger partial charge in [0.2, 0.25) is 0 Å². The molecule has 0 amide bonds. The summed E-state index contributed by atoms with van der Waals surface area (Å²) in [5, 5.41) is 6.24. The molecule has 1 N–H and O–H groups in total. The van der Waals surface area contributed by atoms with E-state index in [1.807, 2.05) is 18.2 Å². The number of pyridine rings is 1. The van der Waals surface area contributed by atoms with Crippen LogP contribution in [0.15, 0.2) is 35.8 Å². The molecule has 0 unspecified atom stereocenters. The number of thiocarbonyl (C=S) groups is 1. The third-order valence-corrected chi connectivity index (χ3v) is 5.82. The fourth-order valence-corrected chi connectivity index (χ4v) is 4.52. The number of esters is 1. The summed E-state index contributed by atoms with van der Waals surface area (Å²) in [6.45, 7) is 2.82. The summed E-state index contributed by atoms with van der Waals surface area (Å²) in [7, 11) is 1.42. The van der Waals surface area contributed by atoms with Crippen LogP contribution in [0.2, 0.25) is 0 Å². The van der Waals surface area contributed by atoms with Crippen molar-refractivity contribution < 1.29 is 9.53 Å². The van der Waals surface area contributed by atoms with E-state index in [-0.39, 0.29) is 18.1 Å². The molecule has 1 aliphatic rings. The van der Waals surface area contributed by atoms with Crippen molar-refractivity contribution in [1.29, 1.82) is 0 Å². The summed E-state index contributed by atoms with van der Waals surface area (Å²) in [4.78, 5) is 19.4. The summed E-state index contributed by atoms with van der Waals surface area (Å²) in [5.41, 5.74) is 2.22. The number of aromatic nitrogens is 1. The van der Waals surface area contributed by atoms with Crippen molar-refractivity contribution in [2.24, 2.45) is 0 Å². The van der Waals surface area contributed by atoms with E-state index in [0.29, 0.717) is 24.5 Å². The van der Waals surface area contributed by atoms with Crippen LogP contribution in [-0.2, 0) is 9.53 Å². The Hall–Kier alpha value is -1.99. The van der Waals surface area contributed by atoms with Gasteiger partial charge in [-0.3, -0.25) is 9.78 Å². The summed E-state index contributed by atoms with van der Waals surface area (Å²) in [5.74, 6) is -0.191. The maximum absolute atomic E-state index is 11.4. The van der Waals surface area contributed by atoms with E-state index in [9.17, 15) is 4.79 Å². The number of rotatable bonds is 6. The van der Waals surface area contributed by atoms with Crippen LogP contribution < -0.4 is 5.32 Å². The van der Waals surface area contributed by atoms with E-state index in [1.54, 1.807) is 17.5 Å². The van der Waals surface area contributed by atoms with Gasteiger partial charge in [0.25, 0.3) is 0 Å². The third-order valence-electron chi connectivity index (χ3n) is 4.38. The van der Waals surface area contributed by atoms with Crippen LogP contribution in [0.25, 0.3) is 0 Å². The lowest BCUT2D eigenvalue weighted by atomic mass is 10.0. The van der Waals surface area contributed by atoms with Crippen LogP contribution in [-0.4, -0.2) is 34.6 Å². The molecule has 0 aliphatic carbocycles. The van der Waals surface area contributed by atoms with Gasteiger partial charge in [-0.15, -0.1) is 11.3 Å². The summed E-state index contributed by atoms with van der Waals surface area (Å²) < 4.78 is 4.74. The van der Waals surface area contributed by atoms with Crippen molar-refractivity contribution in [3.63, 3.8) is 0 Å². The minimum atomic E-state index is -0.191. The number of hydrogen-bond acceptors (Lipinski definition) is 5. The zero-order chi connectivity index (χ0) is 17.8. The molecule has 7 heteroatoms. The van der Waals surface area contributed by atoms with Gasteiger partial charge in [-0.2, -0.15) is 0 Å². The highest BCUT2D eigenvalue weighted by atomic mass is 32.1. The van der Waals surface area contributed by atoms with Crippen molar-refractivity contribution >= 4 is 34.6 Å². The zero-order valence-electron chi connectivity index (χ0n) is 14.3. The number of methoxy groups -OCH3 is 1. The van der Waals surface area contributed by atoms with Crippen LogP contribution in [0.5, 0.6) is 0 Å². The monoisotopic (exact) mass is 375 g/mol.